The van der Waals surface area contributed by atoms with E-state index < -0.39 is 12.1 Å². The molecule has 68 valence electrons. The van der Waals surface area contributed by atoms with E-state index in [1.165, 1.54) is 12.4 Å². The number of hydrogen-bond acceptors (Lipinski definition) is 4. The number of nitrogens with one attached hydrogen (secondary N) is 1. The molecule has 0 unspecified atom stereocenters. The van der Waals surface area contributed by atoms with Crippen LogP contribution < -0.4 is 5.32 Å². The van der Waals surface area contributed by atoms with Gasteiger partial charge in [-0.15, -0.1) is 0 Å². The molecule has 0 aromatic heterocycles. The lowest BCUT2D eigenvalue weighted by molar-refractivity contribution is -0.228. The third-order valence-corrected chi connectivity index (χ3v) is 1.04. The summed E-state index contributed by atoms with van der Waals surface area (Å²) in [4.78, 5) is 14.1. The van der Waals surface area contributed by atoms with Gasteiger partial charge in [-0.25, -0.2) is 4.79 Å². The van der Waals surface area contributed by atoms with Gasteiger partial charge in [0.25, 0.3) is 0 Å². The van der Waals surface area contributed by atoms with Crippen LogP contribution in [0.1, 0.15) is 0 Å². The maximum absolute atomic E-state index is 11.6. The predicted octanol–water partition coefficient (Wildman–Crippen LogP) is 0.341. The molecule has 1 aliphatic heterocycles. The largest absolute Gasteiger partial charge is 0.493 e. The molecule has 0 bridgehead atoms. The second-order valence-corrected chi connectivity index (χ2v) is 1.97. The molecule has 0 radical (unpaired) electrons. The summed E-state index contributed by atoms with van der Waals surface area (Å²) in [6.07, 6.45) is -2.40. The molecule has 1 rings (SSSR count). The highest BCUT2D eigenvalue weighted by molar-refractivity contribution is 5.75. The molecule has 0 saturated carbocycles. The third kappa shape index (κ3) is 2.04. The van der Waals surface area contributed by atoms with Crippen LogP contribution in [0.3, 0.4) is 0 Å². The van der Waals surface area contributed by atoms with E-state index in [1.54, 1.807) is 0 Å². The zero-order valence-electron chi connectivity index (χ0n) is 5.76. The van der Waals surface area contributed by atoms with Crippen LogP contribution in [0.5, 0.6) is 0 Å². The molecule has 0 spiro atoms. The van der Waals surface area contributed by atoms with Crippen molar-refractivity contribution >= 4 is 5.97 Å². The molecular weight excluding hydrogens is 177 g/mol. The van der Waals surface area contributed by atoms with Gasteiger partial charge >= 0.3 is 12.1 Å². The van der Waals surface area contributed by atoms with Gasteiger partial charge in [0.05, 0.1) is 6.20 Å². The zero-order chi connectivity index (χ0) is 9.19. The van der Waals surface area contributed by atoms with Gasteiger partial charge in [-0.2, -0.15) is 18.2 Å². The van der Waals surface area contributed by atoms with Gasteiger partial charge < -0.3 is 10.2 Å². The summed E-state index contributed by atoms with van der Waals surface area (Å²) in [6.45, 7) is 0.0296. The van der Waals surface area contributed by atoms with Crippen molar-refractivity contribution in [3.05, 3.63) is 12.4 Å². The Hall–Kier alpha value is -1.40. The second-order valence-electron chi connectivity index (χ2n) is 1.97. The first-order valence-corrected chi connectivity index (χ1v) is 2.96. The Morgan fingerprint density at radius 1 is 1.58 bits per heavy atom. The first-order chi connectivity index (χ1) is 5.50. The molecule has 1 aliphatic rings. The number of hydroxylamine groups is 2. The third-order valence-electron chi connectivity index (χ3n) is 1.04. The summed E-state index contributed by atoms with van der Waals surface area (Å²) in [6, 6.07) is 0. The Labute approximate surface area is 65.5 Å². The summed E-state index contributed by atoms with van der Waals surface area (Å²) >= 11 is 0. The van der Waals surface area contributed by atoms with Gasteiger partial charge in [-0.1, -0.05) is 0 Å². The van der Waals surface area contributed by atoms with Crippen molar-refractivity contribution < 1.29 is 22.8 Å². The number of carbonyl (C=O) groups is 1. The molecule has 0 aromatic carbocycles. The van der Waals surface area contributed by atoms with E-state index in [1.807, 2.05) is 0 Å². The van der Waals surface area contributed by atoms with Crippen LogP contribution in [0, 0.1) is 0 Å². The first-order valence-electron chi connectivity index (χ1n) is 2.96. The second kappa shape index (κ2) is 2.92. The highest BCUT2D eigenvalue weighted by Gasteiger charge is 2.42. The van der Waals surface area contributed by atoms with Crippen LogP contribution >= 0.6 is 0 Å². The molecule has 1 heterocycles. The zero-order valence-corrected chi connectivity index (χ0v) is 5.76. The fourth-order valence-corrected chi connectivity index (χ4v) is 0.552. The van der Waals surface area contributed by atoms with E-state index >= 15 is 0 Å². The van der Waals surface area contributed by atoms with Gasteiger partial charge in [0, 0.05) is 6.20 Å². The van der Waals surface area contributed by atoms with Crippen molar-refractivity contribution in [2.75, 3.05) is 6.67 Å². The SMILES string of the molecule is O=C(ON1C=CNC1)C(F)(F)F. The van der Waals surface area contributed by atoms with Gasteiger partial charge in [-0.05, 0) is 0 Å². The minimum Gasteiger partial charge on any atom is -0.370 e. The van der Waals surface area contributed by atoms with Gasteiger partial charge in [0.15, 0.2) is 0 Å². The van der Waals surface area contributed by atoms with E-state index in [2.05, 4.69) is 10.2 Å². The molecule has 7 heteroatoms. The van der Waals surface area contributed by atoms with Crippen molar-refractivity contribution in [3.8, 4) is 0 Å². The van der Waals surface area contributed by atoms with Gasteiger partial charge in [0.2, 0.25) is 0 Å². The van der Waals surface area contributed by atoms with E-state index in [-0.39, 0.29) is 6.67 Å². The molecule has 0 aliphatic carbocycles. The Balaban J connectivity index is 2.41. The molecule has 0 aromatic rings. The number of carbonyl (C=O) groups excluding carboxylic acids is 1. The minimum absolute atomic E-state index is 0.0296. The first kappa shape index (κ1) is 8.69. The molecule has 0 fully saturated rings. The number of halogens is 3. The van der Waals surface area contributed by atoms with Crippen LogP contribution in [0.4, 0.5) is 13.2 Å². The number of rotatable bonds is 1. The van der Waals surface area contributed by atoms with Gasteiger partial charge in [0.1, 0.15) is 6.67 Å². The molecule has 12 heavy (non-hydrogen) atoms. The Bertz CT molecular complexity index is 213. The molecule has 1 N–H and O–H groups in total. The van der Waals surface area contributed by atoms with E-state index in [9.17, 15) is 18.0 Å². The molecule has 0 amide bonds. The number of nitrogens with zero attached hydrogens (tertiary/aromatic N) is 1. The summed E-state index contributed by atoms with van der Waals surface area (Å²) in [7, 11) is 0. The fraction of sp³-hybridized carbons (Fsp3) is 0.400. The average Bonchev–Trinajstić information content (AvgIpc) is 2.37. The minimum atomic E-state index is -4.95. The summed E-state index contributed by atoms with van der Waals surface area (Å²) in [5.41, 5.74) is 0. The van der Waals surface area contributed by atoms with Crippen LogP contribution in [-0.4, -0.2) is 23.9 Å². The lowest BCUT2D eigenvalue weighted by Gasteiger charge is -2.14. The molecular formula is C5H5F3N2O2. The summed E-state index contributed by atoms with van der Waals surface area (Å²) < 4.78 is 34.7. The quantitative estimate of drug-likeness (QED) is 0.634. The van der Waals surface area contributed by atoms with Crippen molar-refractivity contribution in [2.24, 2.45) is 0 Å². The smallest absolute Gasteiger partial charge is 0.370 e. The van der Waals surface area contributed by atoms with Crippen molar-refractivity contribution in [3.63, 3.8) is 0 Å². The fourth-order valence-electron chi connectivity index (χ4n) is 0.552. The van der Waals surface area contributed by atoms with E-state index in [0.717, 1.165) is 5.06 Å². The Morgan fingerprint density at radius 3 is 2.67 bits per heavy atom. The molecule has 4 nitrogen and oxygen atoms in total. The molecule has 0 saturated heterocycles. The number of alkyl halides is 3. The maximum atomic E-state index is 11.6. The number of hydrogen-bond donors (Lipinski definition) is 1. The van der Waals surface area contributed by atoms with Crippen LogP contribution in [-0.2, 0) is 9.63 Å². The van der Waals surface area contributed by atoms with Crippen molar-refractivity contribution in [2.45, 2.75) is 6.18 Å². The lowest BCUT2D eigenvalue weighted by Crippen LogP contribution is -2.33. The molecule has 0 atom stereocenters. The van der Waals surface area contributed by atoms with Crippen LogP contribution in [0.25, 0.3) is 0 Å². The predicted molar refractivity (Wildman–Crippen MR) is 31.1 cm³/mol. The van der Waals surface area contributed by atoms with Crippen molar-refractivity contribution in [1.82, 2.24) is 10.4 Å². The highest BCUT2D eigenvalue weighted by Crippen LogP contribution is 2.17. The maximum Gasteiger partial charge on any atom is 0.493 e. The van der Waals surface area contributed by atoms with E-state index in [4.69, 9.17) is 0 Å². The van der Waals surface area contributed by atoms with Crippen LogP contribution in [0.2, 0.25) is 0 Å². The summed E-state index contributed by atoms with van der Waals surface area (Å²) in [5, 5.41) is 3.28. The topological polar surface area (TPSA) is 41.6 Å². The normalized spacial score (nSPS) is 16.1. The van der Waals surface area contributed by atoms with Gasteiger partial charge in [-0.3, -0.25) is 0 Å². The van der Waals surface area contributed by atoms with Crippen LogP contribution in [0.15, 0.2) is 12.4 Å². The average molecular weight is 182 g/mol. The Kier molecular flexibility index (Phi) is 2.11. The lowest BCUT2D eigenvalue weighted by atomic mass is 10.7. The van der Waals surface area contributed by atoms with Crippen molar-refractivity contribution in [1.29, 1.82) is 0 Å². The monoisotopic (exact) mass is 182 g/mol. The highest BCUT2D eigenvalue weighted by atomic mass is 19.4. The van der Waals surface area contributed by atoms with E-state index in [0.29, 0.717) is 0 Å². The summed E-state index contributed by atoms with van der Waals surface area (Å²) in [5.74, 6) is -2.23. The standard InChI is InChI=1S/C5H5F3N2O2/c6-5(7,8)4(11)12-10-2-1-9-3-10/h1-2,9H,3H2. The Morgan fingerprint density at radius 2 is 2.25 bits per heavy atom.